The van der Waals surface area contributed by atoms with E-state index in [0.717, 1.165) is 26.4 Å². The van der Waals surface area contributed by atoms with E-state index < -0.39 is 21.0 Å². The predicted octanol–water partition coefficient (Wildman–Crippen LogP) is 4.02. The fourth-order valence-corrected chi connectivity index (χ4v) is 6.01. The van der Waals surface area contributed by atoms with Gasteiger partial charge in [0.25, 0.3) is 10.1 Å². The van der Waals surface area contributed by atoms with Gasteiger partial charge in [-0.25, -0.2) is 0 Å². The summed E-state index contributed by atoms with van der Waals surface area (Å²) in [7, 11) is -4.66. The van der Waals surface area contributed by atoms with Crippen molar-refractivity contribution in [2.45, 2.75) is 20.4 Å². The van der Waals surface area contributed by atoms with Crippen LogP contribution in [0.1, 0.15) is 5.76 Å². The standard InChI is InChI=1S/C19H16O5S3/c20-19(14-27(21,22)23)25-13-15-11-18(12-24-15)26(16-7-3-1-4-8-16)17-9-5-2-6-10-17/h1-12H,13-14H2/p+1. The van der Waals surface area contributed by atoms with Gasteiger partial charge in [-0.2, -0.15) is 8.42 Å². The third-order valence-electron chi connectivity index (χ3n) is 3.50. The number of thioether (sulfide) groups is 1. The molecule has 27 heavy (non-hydrogen) atoms. The minimum Gasteiger partial charge on any atom is -0.463 e. The van der Waals surface area contributed by atoms with Crippen LogP contribution in [-0.2, 0) is 31.6 Å². The molecule has 1 aromatic heterocycles. The van der Waals surface area contributed by atoms with E-state index in [4.69, 9.17) is 8.97 Å². The highest BCUT2D eigenvalue weighted by molar-refractivity contribution is 8.14. The molecule has 3 rings (SSSR count). The first-order valence-corrected chi connectivity index (χ1v) is 11.8. The highest BCUT2D eigenvalue weighted by atomic mass is 32.2. The summed E-state index contributed by atoms with van der Waals surface area (Å²) in [6.07, 6.45) is 1.67. The van der Waals surface area contributed by atoms with Gasteiger partial charge in [0.1, 0.15) is 28.7 Å². The van der Waals surface area contributed by atoms with Crippen molar-refractivity contribution in [2.24, 2.45) is 0 Å². The SMILES string of the molecule is O=C(CS(=O)(=O)O)SCc1cc([S+](c2ccccc2)c2ccccc2)co1. The van der Waals surface area contributed by atoms with Crippen molar-refractivity contribution in [2.75, 3.05) is 5.75 Å². The molecule has 0 amide bonds. The van der Waals surface area contributed by atoms with Crippen LogP contribution in [0.2, 0.25) is 0 Å². The van der Waals surface area contributed by atoms with Gasteiger partial charge in [-0.3, -0.25) is 9.35 Å². The van der Waals surface area contributed by atoms with Crippen molar-refractivity contribution in [1.29, 1.82) is 0 Å². The van der Waals surface area contributed by atoms with Gasteiger partial charge in [-0.15, -0.1) is 0 Å². The molecule has 3 aromatic rings. The largest absolute Gasteiger partial charge is 0.463 e. The maximum absolute atomic E-state index is 11.6. The molecule has 8 heteroatoms. The molecule has 5 nitrogen and oxygen atoms in total. The van der Waals surface area contributed by atoms with Crippen molar-refractivity contribution < 1.29 is 22.2 Å². The molecule has 0 radical (unpaired) electrons. The molecule has 1 N–H and O–H groups in total. The third-order valence-corrected chi connectivity index (χ3v) is 7.38. The van der Waals surface area contributed by atoms with Crippen LogP contribution in [0, 0.1) is 0 Å². The third kappa shape index (κ3) is 5.74. The predicted molar refractivity (Wildman–Crippen MR) is 106 cm³/mol. The second kappa shape index (κ2) is 8.79. The van der Waals surface area contributed by atoms with Crippen LogP contribution in [-0.4, -0.2) is 23.8 Å². The molecule has 0 aliphatic carbocycles. The van der Waals surface area contributed by atoms with Gasteiger partial charge in [0.05, 0.1) is 5.75 Å². The van der Waals surface area contributed by atoms with Crippen molar-refractivity contribution in [3.63, 3.8) is 0 Å². The second-order valence-electron chi connectivity index (χ2n) is 5.57. The molecular weight excluding hydrogens is 404 g/mol. The molecule has 0 saturated heterocycles. The summed E-state index contributed by atoms with van der Waals surface area (Å²) in [6.45, 7) is 0. The Morgan fingerprint density at radius 3 is 2.04 bits per heavy atom. The van der Waals surface area contributed by atoms with Crippen LogP contribution < -0.4 is 0 Å². The Bertz CT molecular complexity index is 959. The Hall–Kier alpha value is -2.00. The fraction of sp³-hybridized carbons (Fsp3) is 0.105. The smallest absolute Gasteiger partial charge is 0.272 e. The van der Waals surface area contributed by atoms with Crippen LogP contribution in [0.25, 0.3) is 0 Å². The van der Waals surface area contributed by atoms with Crippen LogP contribution in [0.15, 0.2) is 92.1 Å². The number of carbonyl (C=O) groups is 1. The number of rotatable bonds is 7. The first-order valence-electron chi connectivity index (χ1n) is 7.95. The molecule has 0 atom stereocenters. The monoisotopic (exact) mass is 421 g/mol. The summed E-state index contributed by atoms with van der Waals surface area (Å²) in [5.41, 5.74) is 0. The Labute approximate surface area is 164 Å². The second-order valence-corrected chi connectivity index (χ2v) is 10.1. The Balaban J connectivity index is 1.80. The minimum atomic E-state index is -4.31. The van der Waals surface area contributed by atoms with E-state index >= 15 is 0 Å². The molecular formula is C19H17O5S3+. The van der Waals surface area contributed by atoms with Crippen LogP contribution in [0.5, 0.6) is 0 Å². The lowest BCUT2D eigenvalue weighted by Gasteiger charge is -2.04. The summed E-state index contributed by atoms with van der Waals surface area (Å²) in [5, 5.41) is -0.624. The topological polar surface area (TPSA) is 84.6 Å². The zero-order chi connectivity index (χ0) is 19.3. The molecule has 1 heterocycles. The quantitative estimate of drug-likeness (QED) is 0.458. The number of furan rings is 1. The summed E-state index contributed by atoms with van der Waals surface area (Å²) in [5.74, 6) is -0.123. The zero-order valence-corrected chi connectivity index (χ0v) is 16.6. The van der Waals surface area contributed by atoms with Crippen molar-refractivity contribution >= 4 is 37.9 Å². The Morgan fingerprint density at radius 2 is 1.52 bits per heavy atom. The molecule has 0 aliphatic heterocycles. The van der Waals surface area contributed by atoms with E-state index in [1.807, 2.05) is 42.5 Å². The van der Waals surface area contributed by atoms with Gasteiger partial charge in [0, 0.05) is 6.07 Å². The summed E-state index contributed by atoms with van der Waals surface area (Å²) in [4.78, 5) is 14.9. The van der Waals surface area contributed by atoms with Crippen molar-refractivity contribution in [1.82, 2.24) is 0 Å². The van der Waals surface area contributed by atoms with E-state index in [9.17, 15) is 13.2 Å². The summed E-state index contributed by atoms with van der Waals surface area (Å²) < 4.78 is 35.8. The highest BCUT2D eigenvalue weighted by Gasteiger charge is 2.30. The van der Waals surface area contributed by atoms with Gasteiger partial charge in [0.2, 0.25) is 10.0 Å². The van der Waals surface area contributed by atoms with Gasteiger partial charge in [0.15, 0.2) is 9.79 Å². The average Bonchev–Trinajstić information content (AvgIpc) is 3.09. The van der Waals surface area contributed by atoms with E-state index in [-0.39, 0.29) is 16.6 Å². The first-order chi connectivity index (χ1) is 12.9. The van der Waals surface area contributed by atoms with Gasteiger partial charge in [-0.05, 0) is 24.3 Å². The number of benzene rings is 2. The molecule has 0 saturated carbocycles. The van der Waals surface area contributed by atoms with E-state index in [0.29, 0.717) is 5.76 Å². The normalized spacial score (nSPS) is 11.6. The van der Waals surface area contributed by atoms with Crippen molar-refractivity contribution in [3.8, 4) is 0 Å². The Morgan fingerprint density at radius 1 is 0.963 bits per heavy atom. The summed E-state index contributed by atoms with van der Waals surface area (Å²) in [6, 6.07) is 22.0. The average molecular weight is 422 g/mol. The number of hydrogen-bond donors (Lipinski definition) is 1. The van der Waals surface area contributed by atoms with Gasteiger partial charge in [-0.1, -0.05) is 48.2 Å². The molecule has 0 fully saturated rings. The van der Waals surface area contributed by atoms with Crippen molar-refractivity contribution in [3.05, 3.63) is 78.8 Å². The van der Waals surface area contributed by atoms with E-state index in [1.165, 1.54) is 0 Å². The van der Waals surface area contributed by atoms with Gasteiger partial charge >= 0.3 is 0 Å². The molecule has 0 aliphatic rings. The molecule has 0 unspecified atom stereocenters. The maximum Gasteiger partial charge on any atom is 0.272 e. The number of carbonyl (C=O) groups excluding carboxylic acids is 1. The first kappa shape index (κ1) is 19.8. The Kier molecular flexibility index (Phi) is 6.43. The molecule has 140 valence electrons. The lowest BCUT2D eigenvalue weighted by Crippen LogP contribution is -2.11. The van der Waals surface area contributed by atoms with E-state index in [1.54, 1.807) is 6.26 Å². The molecule has 2 aromatic carbocycles. The molecule has 0 bridgehead atoms. The van der Waals surface area contributed by atoms with Gasteiger partial charge < -0.3 is 4.42 Å². The fourth-order valence-electron chi connectivity index (χ4n) is 2.41. The van der Waals surface area contributed by atoms with Crippen LogP contribution in [0.4, 0.5) is 0 Å². The lowest BCUT2D eigenvalue weighted by atomic mass is 10.4. The van der Waals surface area contributed by atoms with E-state index in [2.05, 4.69) is 24.3 Å². The highest BCUT2D eigenvalue weighted by Crippen LogP contribution is 2.32. The van der Waals surface area contributed by atoms with Crippen LogP contribution in [0.3, 0.4) is 0 Å². The zero-order valence-electron chi connectivity index (χ0n) is 14.1. The minimum absolute atomic E-state index is 0.204. The lowest BCUT2D eigenvalue weighted by molar-refractivity contribution is -0.108. The number of hydrogen-bond acceptors (Lipinski definition) is 5. The summed E-state index contributed by atoms with van der Waals surface area (Å²) >= 11 is 0.804. The molecule has 0 spiro atoms. The maximum atomic E-state index is 11.6. The van der Waals surface area contributed by atoms with Crippen LogP contribution >= 0.6 is 11.8 Å².